The number of aromatic carboxylic acids is 1. The third-order valence-electron chi connectivity index (χ3n) is 8.57. The van der Waals surface area contributed by atoms with Crippen LogP contribution in [0.2, 0.25) is 0 Å². The fourth-order valence-electron chi connectivity index (χ4n) is 6.15. The number of hydrogen-bond acceptors (Lipinski definition) is 7. The van der Waals surface area contributed by atoms with Gasteiger partial charge in [0.25, 0.3) is 5.91 Å². The van der Waals surface area contributed by atoms with Gasteiger partial charge in [-0.2, -0.15) is 0 Å². The average Bonchev–Trinajstić information content (AvgIpc) is 3.74. The first-order valence-corrected chi connectivity index (χ1v) is 13.8. The molecule has 1 amide bonds. The number of methoxy groups -OCH3 is 1. The molecule has 41 heavy (non-hydrogen) atoms. The highest BCUT2D eigenvalue weighted by Gasteiger charge is 2.44. The molecule has 0 bridgehead atoms. The number of piperidine rings is 1. The highest BCUT2D eigenvalue weighted by molar-refractivity contribution is 6.02. The van der Waals surface area contributed by atoms with E-state index in [0.29, 0.717) is 65.7 Å². The minimum Gasteiger partial charge on any atom is -0.545 e. The molecule has 0 atom stereocenters. The Kier molecular flexibility index (Phi) is 5.85. The summed E-state index contributed by atoms with van der Waals surface area (Å²) in [5, 5.41) is 12.2. The highest BCUT2D eigenvalue weighted by atomic mass is 16.5. The van der Waals surface area contributed by atoms with Gasteiger partial charge in [-0.15, -0.1) is 0 Å². The van der Waals surface area contributed by atoms with Gasteiger partial charge in [0.05, 0.1) is 30.6 Å². The first-order valence-electron chi connectivity index (χ1n) is 13.8. The SMILES string of the molecule is COc1cc(C(=O)N2CCC3(CC2)CC(=O)c2cc(-c4cncc(C(=O)[O-])c4)ccc2O3)cc2c1ccn2C1CC1. The van der Waals surface area contributed by atoms with E-state index in [2.05, 4.69) is 15.7 Å². The zero-order valence-corrected chi connectivity index (χ0v) is 22.6. The van der Waals surface area contributed by atoms with Crippen LogP contribution in [-0.4, -0.2) is 57.9 Å². The summed E-state index contributed by atoms with van der Waals surface area (Å²) in [6.07, 6.45) is 8.45. The molecule has 9 heteroatoms. The molecular weight excluding hydrogens is 522 g/mol. The molecule has 2 aromatic carbocycles. The smallest absolute Gasteiger partial charge is 0.254 e. The Morgan fingerprint density at radius 3 is 2.56 bits per heavy atom. The Labute approximate surface area is 236 Å². The molecule has 9 nitrogen and oxygen atoms in total. The summed E-state index contributed by atoms with van der Waals surface area (Å²) in [5.41, 5.74) is 2.63. The topological polar surface area (TPSA) is 114 Å². The summed E-state index contributed by atoms with van der Waals surface area (Å²) in [4.78, 5) is 44.0. The molecule has 1 saturated heterocycles. The van der Waals surface area contributed by atoms with Crippen molar-refractivity contribution in [2.45, 2.75) is 43.7 Å². The van der Waals surface area contributed by atoms with E-state index in [0.717, 1.165) is 23.7 Å². The number of carboxylic acid groups (broad SMARTS) is 1. The number of likely N-dealkylation sites (tertiary alicyclic amines) is 1. The second kappa shape index (κ2) is 9.47. The summed E-state index contributed by atoms with van der Waals surface area (Å²) >= 11 is 0. The minimum atomic E-state index is -1.31. The molecule has 0 unspecified atom stereocenters. The number of fused-ring (bicyclic) bond motifs is 2. The van der Waals surface area contributed by atoms with Crippen molar-refractivity contribution in [1.29, 1.82) is 0 Å². The number of hydrogen-bond donors (Lipinski definition) is 0. The van der Waals surface area contributed by atoms with Crippen molar-refractivity contribution < 1.29 is 29.0 Å². The molecule has 2 fully saturated rings. The van der Waals surface area contributed by atoms with Crippen LogP contribution in [-0.2, 0) is 0 Å². The lowest BCUT2D eigenvalue weighted by Gasteiger charge is -2.44. The van der Waals surface area contributed by atoms with Gasteiger partial charge < -0.3 is 28.8 Å². The first kappa shape index (κ1) is 25.3. The summed E-state index contributed by atoms with van der Waals surface area (Å²) in [6, 6.07) is 13.1. The number of pyridine rings is 1. The van der Waals surface area contributed by atoms with Gasteiger partial charge in [-0.05, 0) is 54.8 Å². The van der Waals surface area contributed by atoms with Crippen LogP contribution in [0.5, 0.6) is 11.5 Å². The molecule has 2 aromatic heterocycles. The normalized spacial score (nSPS) is 17.8. The van der Waals surface area contributed by atoms with Crippen molar-refractivity contribution in [3.05, 3.63) is 77.7 Å². The maximum atomic E-state index is 13.6. The van der Waals surface area contributed by atoms with Gasteiger partial charge >= 0.3 is 0 Å². The van der Waals surface area contributed by atoms with Crippen molar-refractivity contribution >= 4 is 28.6 Å². The fourth-order valence-corrected chi connectivity index (χ4v) is 6.15. The monoisotopic (exact) mass is 550 g/mol. The van der Waals surface area contributed by atoms with Gasteiger partial charge in [0, 0.05) is 72.6 Å². The largest absolute Gasteiger partial charge is 0.545 e. The van der Waals surface area contributed by atoms with Crippen molar-refractivity contribution in [2.24, 2.45) is 0 Å². The van der Waals surface area contributed by atoms with E-state index in [1.54, 1.807) is 31.5 Å². The molecule has 1 spiro atoms. The number of benzene rings is 2. The Hall–Kier alpha value is -4.66. The van der Waals surface area contributed by atoms with Gasteiger partial charge in [0.15, 0.2) is 5.78 Å². The quantitative estimate of drug-likeness (QED) is 0.368. The number of nitrogens with zero attached hydrogens (tertiary/aromatic N) is 3. The second-order valence-electron chi connectivity index (χ2n) is 11.2. The van der Waals surface area contributed by atoms with Crippen LogP contribution in [0.3, 0.4) is 0 Å². The Balaban J connectivity index is 1.09. The second-order valence-corrected chi connectivity index (χ2v) is 11.2. The third-order valence-corrected chi connectivity index (χ3v) is 8.57. The minimum absolute atomic E-state index is 0.0294. The molecule has 7 rings (SSSR count). The zero-order chi connectivity index (χ0) is 28.3. The molecular formula is C32H28N3O6-. The number of ether oxygens (including phenoxy) is 2. The van der Waals surface area contributed by atoms with Gasteiger partial charge in [-0.25, -0.2) is 0 Å². The lowest BCUT2D eigenvalue weighted by atomic mass is 9.82. The Bertz CT molecular complexity index is 1730. The maximum Gasteiger partial charge on any atom is 0.254 e. The van der Waals surface area contributed by atoms with Crippen LogP contribution in [0.4, 0.5) is 0 Å². The summed E-state index contributed by atoms with van der Waals surface area (Å²) in [6.45, 7) is 0.955. The number of carbonyl (C=O) groups excluding carboxylic acids is 3. The van der Waals surface area contributed by atoms with E-state index in [1.807, 2.05) is 23.1 Å². The molecule has 2 aliphatic heterocycles. The Morgan fingerprint density at radius 1 is 1.02 bits per heavy atom. The molecule has 3 aliphatic rings. The number of carboxylic acids is 1. The van der Waals surface area contributed by atoms with Crippen LogP contribution in [0.15, 0.2) is 61.1 Å². The lowest BCUT2D eigenvalue weighted by Crippen LogP contribution is -2.52. The van der Waals surface area contributed by atoms with E-state index in [4.69, 9.17) is 9.47 Å². The predicted molar refractivity (Wildman–Crippen MR) is 148 cm³/mol. The number of rotatable bonds is 5. The number of amides is 1. The van der Waals surface area contributed by atoms with Crippen LogP contribution in [0.25, 0.3) is 22.0 Å². The molecule has 4 aromatic rings. The first-order chi connectivity index (χ1) is 19.8. The molecule has 1 aliphatic carbocycles. The Morgan fingerprint density at radius 2 is 1.83 bits per heavy atom. The summed E-state index contributed by atoms with van der Waals surface area (Å²) < 4.78 is 14.3. The van der Waals surface area contributed by atoms with E-state index >= 15 is 0 Å². The van der Waals surface area contributed by atoms with Crippen molar-refractivity contribution in [3.63, 3.8) is 0 Å². The standard InChI is InChI=1S/C32H29N3O6/c1-40-29-15-20(14-26-24(29)6-9-35(26)23-3-4-23)30(37)34-10-7-32(8-11-34)16-27(36)25-13-19(2-5-28(25)41-32)21-12-22(31(38)39)18-33-17-21/h2,5-6,9,12-15,17-18,23H,3-4,7-8,10-11,16H2,1H3,(H,38,39)/p-1. The van der Waals surface area contributed by atoms with Crippen LogP contribution in [0, 0.1) is 0 Å². The predicted octanol–water partition coefficient (Wildman–Crippen LogP) is 4.05. The van der Waals surface area contributed by atoms with E-state index in [9.17, 15) is 19.5 Å². The molecule has 208 valence electrons. The van der Waals surface area contributed by atoms with Gasteiger partial charge in [0.2, 0.25) is 0 Å². The third kappa shape index (κ3) is 4.41. The van der Waals surface area contributed by atoms with Crippen LogP contribution < -0.4 is 14.6 Å². The summed E-state index contributed by atoms with van der Waals surface area (Å²) in [5.74, 6) is -0.199. The molecule has 0 N–H and O–H groups in total. The van der Waals surface area contributed by atoms with E-state index < -0.39 is 11.6 Å². The number of aromatic nitrogens is 2. The highest BCUT2D eigenvalue weighted by Crippen LogP contribution is 2.42. The van der Waals surface area contributed by atoms with Crippen LogP contribution >= 0.6 is 0 Å². The zero-order valence-electron chi connectivity index (χ0n) is 22.6. The van der Waals surface area contributed by atoms with Crippen molar-refractivity contribution in [3.8, 4) is 22.6 Å². The average molecular weight is 551 g/mol. The number of ketones is 1. The van der Waals surface area contributed by atoms with Gasteiger partial charge in [0.1, 0.15) is 17.1 Å². The molecule has 1 saturated carbocycles. The summed E-state index contributed by atoms with van der Waals surface area (Å²) in [7, 11) is 1.63. The van der Waals surface area contributed by atoms with E-state index in [1.165, 1.54) is 12.3 Å². The van der Waals surface area contributed by atoms with E-state index in [-0.39, 0.29) is 23.7 Å². The van der Waals surface area contributed by atoms with Gasteiger partial charge in [-0.1, -0.05) is 6.07 Å². The molecule has 4 heterocycles. The van der Waals surface area contributed by atoms with Crippen LogP contribution in [0.1, 0.15) is 69.2 Å². The molecule has 0 radical (unpaired) electrons. The number of carbonyl (C=O) groups is 3. The van der Waals surface area contributed by atoms with Crippen molar-refractivity contribution in [2.75, 3.05) is 20.2 Å². The van der Waals surface area contributed by atoms with Gasteiger partial charge in [-0.3, -0.25) is 14.6 Å². The maximum absolute atomic E-state index is 13.6. The van der Waals surface area contributed by atoms with Crippen molar-refractivity contribution in [1.82, 2.24) is 14.5 Å². The lowest BCUT2D eigenvalue weighted by molar-refractivity contribution is -0.255. The number of Topliss-reactive ketones (excluding diaryl/α,β-unsaturated/α-hetero) is 1. The fraction of sp³-hybridized carbons (Fsp3) is 0.312.